The molecule has 1 aliphatic rings. The van der Waals surface area contributed by atoms with E-state index in [9.17, 15) is 14.9 Å². The number of nitrogens with zero attached hydrogens (tertiary/aromatic N) is 2. The number of H-pyrrole nitrogens is 1. The Bertz CT molecular complexity index is 1460. The monoisotopic (exact) mass is 508 g/mol. The molecule has 2 heterocycles. The average molecular weight is 509 g/mol. The summed E-state index contributed by atoms with van der Waals surface area (Å²) >= 11 is 0. The molecule has 4 rings (SSSR count). The molecule has 192 valence electrons. The lowest BCUT2D eigenvalue weighted by Gasteiger charge is -2.30. The van der Waals surface area contributed by atoms with Crippen molar-refractivity contribution < 1.29 is 19.1 Å². The maximum Gasteiger partial charge on any atom is 0.337 e. The standard InChI is InChI=1S/C30H28N4O4/c1-19-26(29(35)37-3)28(24-9-5-4-8-23(24)18-31)27(20(2)34-19)30(36)38-16-6-7-21-10-12-22(13-11-21)17-25-32-14-15-33-25/h4-15,28,34H,16-17H2,1-3H3,(H,32,33). The Hall–Kier alpha value is -4.90. The molecule has 0 bridgehead atoms. The number of rotatable bonds is 8. The van der Waals surface area contributed by atoms with Crippen LogP contribution in [0.5, 0.6) is 0 Å². The van der Waals surface area contributed by atoms with Crippen LogP contribution in [0.25, 0.3) is 6.08 Å². The summed E-state index contributed by atoms with van der Waals surface area (Å²) in [7, 11) is 1.29. The van der Waals surface area contributed by atoms with Gasteiger partial charge in [-0.3, -0.25) is 0 Å². The number of nitriles is 1. The van der Waals surface area contributed by atoms with Gasteiger partial charge in [0.25, 0.3) is 0 Å². The summed E-state index contributed by atoms with van der Waals surface area (Å²) in [5, 5.41) is 12.8. The van der Waals surface area contributed by atoms with Gasteiger partial charge in [0.15, 0.2) is 0 Å². The van der Waals surface area contributed by atoms with Gasteiger partial charge in [0, 0.05) is 30.2 Å². The molecule has 0 spiro atoms. The molecule has 0 aliphatic carbocycles. The summed E-state index contributed by atoms with van der Waals surface area (Å²) in [4.78, 5) is 33.4. The van der Waals surface area contributed by atoms with Crippen molar-refractivity contribution in [3.05, 3.63) is 118 Å². The first-order valence-corrected chi connectivity index (χ1v) is 12.1. The topological polar surface area (TPSA) is 117 Å². The Morgan fingerprint density at radius 3 is 2.42 bits per heavy atom. The zero-order valence-electron chi connectivity index (χ0n) is 21.4. The molecular formula is C30H28N4O4. The predicted octanol–water partition coefficient (Wildman–Crippen LogP) is 4.54. The van der Waals surface area contributed by atoms with Crippen LogP contribution in [0.1, 0.15) is 47.8 Å². The summed E-state index contributed by atoms with van der Waals surface area (Å²) in [6, 6.07) is 17.1. The molecule has 2 N–H and O–H groups in total. The number of imidazole rings is 1. The van der Waals surface area contributed by atoms with Crippen molar-refractivity contribution in [3.8, 4) is 6.07 Å². The predicted molar refractivity (Wildman–Crippen MR) is 142 cm³/mol. The first-order valence-electron chi connectivity index (χ1n) is 12.1. The largest absolute Gasteiger partial charge is 0.466 e. The Morgan fingerprint density at radius 2 is 1.76 bits per heavy atom. The number of hydrogen-bond acceptors (Lipinski definition) is 7. The smallest absolute Gasteiger partial charge is 0.337 e. The number of nitrogens with one attached hydrogen (secondary N) is 2. The summed E-state index contributed by atoms with van der Waals surface area (Å²) in [5.41, 5.74) is 4.62. The van der Waals surface area contributed by atoms with Crippen LogP contribution >= 0.6 is 0 Å². The number of esters is 2. The van der Waals surface area contributed by atoms with Crippen molar-refractivity contribution in [2.45, 2.75) is 26.2 Å². The van der Waals surface area contributed by atoms with Gasteiger partial charge < -0.3 is 19.8 Å². The first kappa shape index (κ1) is 26.2. The number of carbonyl (C=O) groups excluding carboxylic acids is 2. The molecule has 8 nitrogen and oxygen atoms in total. The number of carbonyl (C=O) groups is 2. The Balaban J connectivity index is 1.51. The molecule has 38 heavy (non-hydrogen) atoms. The van der Waals surface area contributed by atoms with Crippen LogP contribution in [-0.4, -0.2) is 35.6 Å². The van der Waals surface area contributed by atoms with E-state index in [1.165, 1.54) is 7.11 Å². The van der Waals surface area contributed by atoms with E-state index >= 15 is 0 Å². The van der Waals surface area contributed by atoms with Gasteiger partial charge in [-0.15, -0.1) is 0 Å². The second kappa shape index (κ2) is 11.9. The van der Waals surface area contributed by atoms with Gasteiger partial charge >= 0.3 is 11.9 Å². The third-order valence-electron chi connectivity index (χ3n) is 6.30. The summed E-state index contributed by atoms with van der Waals surface area (Å²) in [6.07, 6.45) is 7.87. The van der Waals surface area contributed by atoms with Crippen molar-refractivity contribution in [2.75, 3.05) is 13.7 Å². The fourth-order valence-electron chi connectivity index (χ4n) is 4.53. The summed E-state index contributed by atoms with van der Waals surface area (Å²) < 4.78 is 10.6. The normalized spacial score (nSPS) is 15.3. The minimum atomic E-state index is -0.808. The molecule has 0 saturated carbocycles. The molecule has 1 atom stereocenters. The van der Waals surface area contributed by atoms with Gasteiger partial charge in [-0.1, -0.05) is 48.5 Å². The van der Waals surface area contributed by atoms with Gasteiger partial charge in [0.2, 0.25) is 0 Å². The van der Waals surface area contributed by atoms with Gasteiger partial charge in [-0.25, -0.2) is 14.6 Å². The number of aromatic amines is 1. The van der Waals surface area contributed by atoms with E-state index in [-0.39, 0.29) is 17.8 Å². The van der Waals surface area contributed by atoms with Crippen LogP contribution in [0.4, 0.5) is 0 Å². The van der Waals surface area contributed by atoms with E-state index in [0.717, 1.165) is 17.0 Å². The zero-order valence-corrected chi connectivity index (χ0v) is 21.4. The van der Waals surface area contributed by atoms with Gasteiger partial charge in [0.1, 0.15) is 12.4 Å². The van der Waals surface area contributed by atoms with E-state index in [2.05, 4.69) is 21.4 Å². The van der Waals surface area contributed by atoms with Crippen LogP contribution in [0.3, 0.4) is 0 Å². The number of hydrogen-bond donors (Lipinski definition) is 2. The fourth-order valence-corrected chi connectivity index (χ4v) is 4.53. The fraction of sp³-hybridized carbons (Fsp3) is 0.200. The van der Waals surface area contributed by atoms with E-state index in [1.54, 1.807) is 56.6 Å². The van der Waals surface area contributed by atoms with Crippen molar-refractivity contribution in [2.24, 2.45) is 0 Å². The second-order valence-corrected chi connectivity index (χ2v) is 8.78. The van der Waals surface area contributed by atoms with Crippen molar-refractivity contribution in [1.29, 1.82) is 5.26 Å². The summed E-state index contributed by atoms with van der Waals surface area (Å²) in [6.45, 7) is 3.52. The Morgan fingerprint density at radius 1 is 1.05 bits per heavy atom. The number of benzene rings is 2. The zero-order chi connectivity index (χ0) is 27.1. The SMILES string of the molecule is COC(=O)C1=C(C)NC(C)=C(C(=O)OCC=Cc2ccc(Cc3ncc[nH]3)cc2)C1c1ccccc1C#N. The number of ether oxygens (including phenoxy) is 2. The molecule has 0 radical (unpaired) electrons. The second-order valence-electron chi connectivity index (χ2n) is 8.78. The maximum atomic E-state index is 13.3. The van der Waals surface area contributed by atoms with Crippen LogP contribution in [0.15, 0.2) is 89.5 Å². The highest BCUT2D eigenvalue weighted by molar-refractivity contribution is 6.00. The quantitative estimate of drug-likeness (QED) is 0.429. The number of aromatic nitrogens is 2. The molecule has 8 heteroatoms. The van der Waals surface area contributed by atoms with Crippen molar-refractivity contribution >= 4 is 18.0 Å². The highest BCUT2D eigenvalue weighted by Gasteiger charge is 2.38. The molecule has 1 aromatic heterocycles. The van der Waals surface area contributed by atoms with E-state index in [1.807, 2.05) is 30.3 Å². The Kier molecular flexibility index (Phi) is 8.19. The van der Waals surface area contributed by atoms with Crippen LogP contribution in [0, 0.1) is 11.3 Å². The van der Waals surface area contributed by atoms with Gasteiger partial charge in [0.05, 0.1) is 35.8 Å². The molecule has 0 amide bonds. The minimum absolute atomic E-state index is 0.0344. The molecule has 0 saturated heterocycles. The van der Waals surface area contributed by atoms with Crippen LogP contribution < -0.4 is 5.32 Å². The highest BCUT2D eigenvalue weighted by Crippen LogP contribution is 2.40. The molecule has 3 aromatic rings. The first-order chi connectivity index (χ1) is 18.4. The number of dihydropyridines is 1. The molecular weight excluding hydrogens is 480 g/mol. The Labute approximate surface area is 221 Å². The molecule has 0 fully saturated rings. The number of allylic oxidation sites excluding steroid dienone is 2. The van der Waals surface area contributed by atoms with E-state index in [0.29, 0.717) is 28.9 Å². The number of methoxy groups -OCH3 is 1. The lowest BCUT2D eigenvalue weighted by molar-refractivity contribution is -0.138. The third kappa shape index (κ3) is 5.73. The van der Waals surface area contributed by atoms with Crippen molar-refractivity contribution in [3.63, 3.8) is 0 Å². The van der Waals surface area contributed by atoms with Crippen LogP contribution in [-0.2, 0) is 25.5 Å². The van der Waals surface area contributed by atoms with E-state index in [4.69, 9.17) is 9.47 Å². The van der Waals surface area contributed by atoms with Crippen LogP contribution in [0.2, 0.25) is 0 Å². The maximum absolute atomic E-state index is 13.3. The third-order valence-corrected chi connectivity index (χ3v) is 6.30. The minimum Gasteiger partial charge on any atom is -0.466 e. The average Bonchev–Trinajstić information content (AvgIpc) is 3.44. The highest BCUT2D eigenvalue weighted by atomic mass is 16.5. The van der Waals surface area contributed by atoms with Gasteiger partial charge in [-0.05, 0) is 42.7 Å². The molecule has 1 unspecified atom stereocenters. The lowest BCUT2D eigenvalue weighted by atomic mass is 9.79. The lowest BCUT2D eigenvalue weighted by Crippen LogP contribution is -2.32. The van der Waals surface area contributed by atoms with E-state index < -0.39 is 17.9 Å². The summed E-state index contributed by atoms with van der Waals surface area (Å²) in [5.74, 6) is -1.07. The molecule has 2 aromatic carbocycles. The van der Waals surface area contributed by atoms with Gasteiger partial charge in [-0.2, -0.15) is 5.26 Å². The van der Waals surface area contributed by atoms with Crippen molar-refractivity contribution in [1.82, 2.24) is 15.3 Å². The molecule has 1 aliphatic heterocycles.